The van der Waals surface area contributed by atoms with Crippen molar-refractivity contribution in [3.05, 3.63) is 72.9 Å². The number of aromatic nitrogens is 2. The number of piperazine rings is 1. The van der Waals surface area contributed by atoms with Gasteiger partial charge in [0.05, 0.1) is 12.1 Å². The highest BCUT2D eigenvalue weighted by Gasteiger charge is 2.15. The molecule has 1 fully saturated rings. The molecular weight excluding hydrogens is 434 g/mol. The molecule has 5 rings (SSSR count). The third kappa shape index (κ3) is 5.54. The fraction of sp³-hybridized carbons (Fsp3) is 0.310. The van der Waals surface area contributed by atoms with Crippen LogP contribution in [0.4, 0.5) is 17.3 Å². The van der Waals surface area contributed by atoms with Crippen LogP contribution < -0.4 is 15.0 Å². The molecule has 1 aromatic heterocycles. The summed E-state index contributed by atoms with van der Waals surface area (Å²) in [6.07, 6.45) is 1.89. The van der Waals surface area contributed by atoms with Crippen LogP contribution in [-0.2, 0) is 0 Å². The van der Waals surface area contributed by atoms with Gasteiger partial charge in [-0.2, -0.15) is 0 Å². The summed E-state index contributed by atoms with van der Waals surface area (Å²) in [4.78, 5) is 14.3. The SMILES string of the molecule is CC(C)COc1ccc(-c2cccc3cnc(Nc4cccc(N5CCN(C)CC5)c4)nc23)cc1. The van der Waals surface area contributed by atoms with E-state index in [-0.39, 0.29) is 0 Å². The van der Waals surface area contributed by atoms with Gasteiger partial charge >= 0.3 is 0 Å². The third-order valence-corrected chi connectivity index (χ3v) is 6.33. The van der Waals surface area contributed by atoms with Crippen molar-refractivity contribution in [3.63, 3.8) is 0 Å². The second-order valence-corrected chi connectivity index (χ2v) is 9.63. The number of hydrogen-bond donors (Lipinski definition) is 1. The Bertz CT molecular complexity index is 1280. The van der Waals surface area contributed by atoms with Crippen molar-refractivity contribution in [1.29, 1.82) is 0 Å². The van der Waals surface area contributed by atoms with Crippen molar-refractivity contribution in [2.45, 2.75) is 13.8 Å². The molecule has 6 heteroatoms. The second-order valence-electron chi connectivity index (χ2n) is 9.63. The van der Waals surface area contributed by atoms with Crippen LogP contribution in [0.5, 0.6) is 5.75 Å². The van der Waals surface area contributed by atoms with Gasteiger partial charge in [0, 0.05) is 54.7 Å². The predicted octanol–water partition coefficient (Wildman–Crippen LogP) is 5.83. The number of ether oxygens (including phenoxy) is 1. The van der Waals surface area contributed by atoms with Crippen molar-refractivity contribution in [1.82, 2.24) is 14.9 Å². The topological polar surface area (TPSA) is 53.5 Å². The third-order valence-electron chi connectivity index (χ3n) is 6.33. The molecular formula is C29H33N5O. The highest BCUT2D eigenvalue weighted by Crippen LogP contribution is 2.30. The smallest absolute Gasteiger partial charge is 0.227 e. The van der Waals surface area contributed by atoms with Gasteiger partial charge in [0.15, 0.2) is 0 Å². The summed E-state index contributed by atoms with van der Waals surface area (Å²) in [6, 6.07) is 23.0. The van der Waals surface area contributed by atoms with E-state index >= 15 is 0 Å². The molecule has 1 saturated heterocycles. The molecule has 1 aliphatic heterocycles. The number of benzene rings is 3. The van der Waals surface area contributed by atoms with E-state index in [1.165, 1.54) is 5.69 Å². The molecule has 6 nitrogen and oxygen atoms in total. The van der Waals surface area contributed by atoms with Crippen molar-refractivity contribution in [2.75, 3.05) is 50.1 Å². The fourth-order valence-electron chi connectivity index (χ4n) is 4.32. The van der Waals surface area contributed by atoms with Crippen molar-refractivity contribution in [2.24, 2.45) is 5.92 Å². The van der Waals surface area contributed by atoms with Gasteiger partial charge in [-0.1, -0.05) is 50.2 Å². The zero-order valence-corrected chi connectivity index (χ0v) is 20.7. The predicted molar refractivity (Wildman–Crippen MR) is 145 cm³/mol. The zero-order valence-electron chi connectivity index (χ0n) is 20.7. The van der Waals surface area contributed by atoms with E-state index in [9.17, 15) is 0 Å². The van der Waals surface area contributed by atoms with Gasteiger partial charge in [-0.25, -0.2) is 9.97 Å². The summed E-state index contributed by atoms with van der Waals surface area (Å²) in [7, 11) is 2.18. The number of para-hydroxylation sites is 1. The largest absolute Gasteiger partial charge is 0.493 e. The van der Waals surface area contributed by atoms with Gasteiger partial charge in [-0.3, -0.25) is 0 Å². The van der Waals surface area contributed by atoms with Crippen molar-refractivity contribution < 1.29 is 4.74 Å². The lowest BCUT2D eigenvalue weighted by Gasteiger charge is -2.34. The van der Waals surface area contributed by atoms with E-state index in [4.69, 9.17) is 9.72 Å². The molecule has 4 aromatic rings. The first-order valence-electron chi connectivity index (χ1n) is 12.3. The zero-order chi connectivity index (χ0) is 24.2. The normalized spacial score (nSPS) is 14.5. The summed E-state index contributed by atoms with van der Waals surface area (Å²) in [5.41, 5.74) is 5.33. The number of fused-ring (bicyclic) bond motifs is 1. The number of anilines is 3. The average molecular weight is 468 g/mol. The summed E-state index contributed by atoms with van der Waals surface area (Å²) in [5.74, 6) is 1.98. The maximum absolute atomic E-state index is 5.85. The Morgan fingerprint density at radius 1 is 0.943 bits per heavy atom. The molecule has 0 spiro atoms. The Morgan fingerprint density at radius 3 is 2.49 bits per heavy atom. The maximum Gasteiger partial charge on any atom is 0.227 e. The van der Waals surface area contributed by atoms with Crippen LogP contribution in [0, 0.1) is 5.92 Å². The highest BCUT2D eigenvalue weighted by atomic mass is 16.5. The van der Waals surface area contributed by atoms with E-state index in [0.29, 0.717) is 18.5 Å². The first-order chi connectivity index (χ1) is 17.0. The molecule has 0 atom stereocenters. The van der Waals surface area contributed by atoms with E-state index in [0.717, 1.165) is 59.6 Å². The average Bonchev–Trinajstić information content (AvgIpc) is 2.88. The summed E-state index contributed by atoms with van der Waals surface area (Å²) >= 11 is 0. The molecule has 0 radical (unpaired) electrons. The van der Waals surface area contributed by atoms with Crippen LogP contribution in [0.15, 0.2) is 72.9 Å². The van der Waals surface area contributed by atoms with E-state index in [1.807, 2.05) is 18.3 Å². The number of rotatable bonds is 7. The van der Waals surface area contributed by atoms with Gasteiger partial charge in [-0.15, -0.1) is 0 Å². The van der Waals surface area contributed by atoms with E-state index in [1.54, 1.807) is 0 Å². The lowest BCUT2D eigenvalue weighted by molar-refractivity contribution is 0.271. The van der Waals surface area contributed by atoms with Crippen molar-refractivity contribution in [3.8, 4) is 16.9 Å². The van der Waals surface area contributed by atoms with Crippen LogP contribution in [0.3, 0.4) is 0 Å². The molecule has 2 heterocycles. The molecule has 1 aliphatic rings. The Balaban J connectivity index is 1.38. The van der Waals surface area contributed by atoms with Crippen molar-refractivity contribution >= 4 is 28.2 Å². The number of nitrogens with zero attached hydrogens (tertiary/aromatic N) is 4. The molecule has 1 N–H and O–H groups in total. The van der Waals surface area contributed by atoms with Crippen LogP contribution in [0.1, 0.15) is 13.8 Å². The minimum atomic E-state index is 0.498. The number of nitrogens with one attached hydrogen (secondary N) is 1. The van der Waals surface area contributed by atoms with Gasteiger partial charge in [0.1, 0.15) is 5.75 Å². The summed E-state index contributed by atoms with van der Waals surface area (Å²) < 4.78 is 5.85. The Morgan fingerprint density at radius 2 is 1.71 bits per heavy atom. The second kappa shape index (κ2) is 10.3. The summed E-state index contributed by atoms with van der Waals surface area (Å²) in [5, 5.41) is 4.43. The van der Waals surface area contributed by atoms with Gasteiger partial charge in [-0.05, 0) is 48.9 Å². The van der Waals surface area contributed by atoms with E-state index < -0.39 is 0 Å². The molecule has 0 amide bonds. The Kier molecular flexibility index (Phi) is 6.82. The molecule has 0 unspecified atom stereocenters. The summed E-state index contributed by atoms with van der Waals surface area (Å²) in [6.45, 7) is 9.26. The Labute approximate surface area is 207 Å². The van der Waals surface area contributed by atoms with Gasteiger partial charge in [0.2, 0.25) is 5.95 Å². The standard InChI is InChI=1S/C29H33N5O/c1-21(2)20-35-26-12-10-22(11-13-26)27-9-4-6-23-19-30-29(32-28(23)27)31-24-7-5-8-25(18-24)34-16-14-33(3)15-17-34/h4-13,18-19,21H,14-17,20H2,1-3H3,(H,30,31,32). The molecule has 0 bridgehead atoms. The first kappa shape index (κ1) is 23.1. The molecule has 0 saturated carbocycles. The number of hydrogen-bond acceptors (Lipinski definition) is 6. The van der Waals surface area contributed by atoms with Crippen LogP contribution in [-0.4, -0.2) is 54.7 Å². The minimum absolute atomic E-state index is 0.498. The van der Waals surface area contributed by atoms with Crippen LogP contribution in [0.25, 0.3) is 22.0 Å². The van der Waals surface area contributed by atoms with Crippen LogP contribution >= 0.6 is 0 Å². The minimum Gasteiger partial charge on any atom is -0.493 e. The molecule has 35 heavy (non-hydrogen) atoms. The quantitative estimate of drug-likeness (QED) is 0.369. The molecule has 3 aromatic carbocycles. The fourth-order valence-corrected chi connectivity index (χ4v) is 4.32. The van der Waals surface area contributed by atoms with Crippen LogP contribution in [0.2, 0.25) is 0 Å². The Hall–Kier alpha value is -3.64. The highest BCUT2D eigenvalue weighted by molar-refractivity contribution is 5.94. The van der Waals surface area contributed by atoms with E-state index in [2.05, 4.69) is 95.6 Å². The molecule has 0 aliphatic carbocycles. The molecule has 180 valence electrons. The first-order valence-corrected chi connectivity index (χ1v) is 12.3. The maximum atomic E-state index is 5.85. The van der Waals surface area contributed by atoms with Gasteiger partial charge in [0.25, 0.3) is 0 Å². The number of likely N-dealkylation sites (N-methyl/N-ethyl adjacent to an activating group) is 1. The van der Waals surface area contributed by atoms with Gasteiger partial charge < -0.3 is 19.9 Å². The lowest BCUT2D eigenvalue weighted by atomic mass is 10.0. The lowest BCUT2D eigenvalue weighted by Crippen LogP contribution is -2.44. The monoisotopic (exact) mass is 467 g/mol.